The van der Waals surface area contributed by atoms with E-state index < -0.39 is 52.9 Å². The van der Waals surface area contributed by atoms with Crippen molar-refractivity contribution < 1.29 is 55.8 Å². The maximum Gasteiger partial charge on any atom is 0.519 e. The van der Waals surface area contributed by atoms with Gasteiger partial charge in [-0.2, -0.15) is 8.42 Å². The van der Waals surface area contributed by atoms with Crippen molar-refractivity contribution in [3.8, 4) is 11.5 Å². The first-order valence-corrected chi connectivity index (χ1v) is 14.5. The number of hydrogen-bond donors (Lipinski definition) is 2. The van der Waals surface area contributed by atoms with Crippen LogP contribution in [0.15, 0.2) is 48.5 Å². The first-order chi connectivity index (χ1) is 19.8. The summed E-state index contributed by atoms with van der Waals surface area (Å²) in [6.45, 7) is 5.16. The summed E-state index contributed by atoms with van der Waals surface area (Å²) in [5, 5.41) is 13.0. The maximum atomic E-state index is 12.6. The van der Waals surface area contributed by atoms with Crippen LogP contribution in [0.25, 0.3) is 0 Å². The molecule has 2 rings (SSSR count). The summed E-state index contributed by atoms with van der Waals surface area (Å²) < 4.78 is 49.9. The van der Waals surface area contributed by atoms with Gasteiger partial charge in [0.15, 0.2) is 6.10 Å². The van der Waals surface area contributed by atoms with Crippen LogP contribution in [0.5, 0.6) is 11.5 Å². The molecule has 0 bridgehead atoms. The number of carbonyl (C=O) groups is 4. The standard InChI is InChI=1S/C28H35NO12S/c1-5-37-25(32)21-12-7-9-14-23(21)41-27(34)40-22-13-8-6-11-20(22)17-38-26(33)24(31)28(3,4)18-39-42(35,36)16-10-15-29-19(2)30/h6-9,11-14,24,31H,5,10,15-18H2,1-4H3,(H,29,30)/t24-/m0/s1. The molecule has 2 N–H and O–H groups in total. The summed E-state index contributed by atoms with van der Waals surface area (Å²) in [6, 6.07) is 12.0. The van der Waals surface area contributed by atoms with Gasteiger partial charge in [-0.1, -0.05) is 44.2 Å². The van der Waals surface area contributed by atoms with Crippen molar-refractivity contribution in [2.24, 2.45) is 5.41 Å². The van der Waals surface area contributed by atoms with E-state index in [2.05, 4.69) is 5.32 Å². The van der Waals surface area contributed by atoms with Gasteiger partial charge in [-0.3, -0.25) is 8.98 Å². The number of aliphatic hydroxyl groups excluding tert-OH is 1. The predicted octanol–water partition coefficient (Wildman–Crippen LogP) is 2.74. The van der Waals surface area contributed by atoms with Gasteiger partial charge in [0.05, 0.1) is 19.0 Å². The lowest BCUT2D eigenvalue weighted by Crippen LogP contribution is -2.41. The normalized spacial score (nSPS) is 12.1. The molecule has 0 unspecified atom stereocenters. The summed E-state index contributed by atoms with van der Waals surface area (Å²) in [5.41, 5.74) is -1.07. The van der Waals surface area contributed by atoms with E-state index >= 15 is 0 Å². The minimum atomic E-state index is -3.98. The van der Waals surface area contributed by atoms with Gasteiger partial charge in [0, 0.05) is 24.4 Å². The summed E-state index contributed by atoms with van der Waals surface area (Å²) in [7, 11) is -3.98. The molecule has 0 aliphatic carbocycles. The number of ether oxygens (including phenoxy) is 4. The predicted molar refractivity (Wildman–Crippen MR) is 148 cm³/mol. The monoisotopic (exact) mass is 609 g/mol. The molecule has 0 saturated heterocycles. The highest BCUT2D eigenvalue weighted by Crippen LogP contribution is 2.26. The highest BCUT2D eigenvalue weighted by atomic mass is 32.2. The van der Waals surface area contributed by atoms with E-state index in [4.69, 9.17) is 23.1 Å². The van der Waals surface area contributed by atoms with Crippen LogP contribution >= 0.6 is 0 Å². The van der Waals surface area contributed by atoms with Gasteiger partial charge in [0.1, 0.15) is 23.7 Å². The molecule has 2 aromatic rings. The van der Waals surface area contributed by atoms with Crippen LogP contribution in [0.2, 0.25) is 0 Å². The third-order valence-corrected chi connectivity index (χ3v) is 6.90. The van der Waals surface area contributed by atoms with Gasteiger partial charge in [-0.15, -0.1) is 0 Å². The van der Waals surface area contributed by atoms with Crippen LogP contribution in [0.4, 0.5) is 4.79 Å². The lowest BCUT2D eigenvalue weighted by Gasteiger charge is -2.28. The van der Waals surface area contributed by atoms with Gasteiger partial charge in [0.25, 0.3) is 10.1 Å². The van der Waals surface area contributed by atoms with E-state index in [1.54, 1.807) is 31.2 Å². The second kappa shape index (κ2) is 15.8. The molecule has 2 aromatic carbocycles. The number of esters is 2. The number of hydrogen-bond acceptors (Lipinski definition) is 12. The molecule has 0 saturated carbocycles. The first kappa shape index (κ1) is 34.2. The number of para-hydroxylation sites is 2. The van der Waals surface area contributed by atoms with Crippen LogP contribution in [-0.4, -0.2) is 69.1 Å². The molecule has 0 aromatic heterocycles. The van der Waals surface area contributed by atoms with E-state index in [9.17, 15) is 32.7 Å². The maximum absolute atomic E-state index is 12.6. The Labute approximate surface area is 244 Å². The molecule has 0 spiro atoms. The van der Waals surface area contributed by atoms with Crippen LogP contribution in [0.3, 0.4) is 0 Å². The zero-order chi connectivity index (χ0) is 31.3. The van der Waals surface area contributed by atoms with E-state index in [0.29, 0.717) is 0 Å². The minimum Gasteiger partial charge on any atom is -0.462 e. The van der Waals surface area contributed by atoms with Crippen molar-refractivity contribution in [2.75, 3.05) is 25.5 Å². The van der Waals surface area contributed by atoms with Gasteiger partial charge >= 0.3 is 18.1 Å². The van der Waals surface area contributed by atoms with Crippen molar-refractivity contribution in [1.29, 1.82) is 0 Å². The average molecular weight is 610 g/mol. The quantitative estimate of drug-likeness (QED) is 0.131. The second-order valence-electron chi connectivity index (χ2n) is 9.64. The summed E-state index contributed by atoms with van der Waals surface area (Å²) in [4.78, 5) is 48.1. The summed E-state index contributed by atoms with van der Waals surface area (Å²) in [5.74, 6) is -2.48. The zero-order valence-corrected chi connectivity index (χ0v) is 24.6. The molecule has 0 heterocycles. The molecule has 0 fully saturated rings. The largest absolute Gasteiger partial charge is 0.519 e. The van der Waals surface area contributed by atoms with E-state index in [-0.39, 0.29) is 53.9 Å². The molecule has 0 aliphatic rings. The smallest absolute Gasteiger partial charge is 0.462 e. The van der Waals surface area contributed by atoms with Crippen molar-refractivity contribution in [2.45, 2.75) is 46.8 Å². The van der Waals surface area contributed by atoms with Crippen molar-refractivity contribution in [3.63, 3.8) is 0 Å². The van der Waals surface area contributed by atoms with E-state index in [1.807, 2.05) is 0 Å². The fourth-order valence-corrected chi connectivity index (χ4v) is 4.39. The number of amides is 1. The van der Waals surface area contributed by atoms with Gasteiger partial charge in [0.2, 0.25) is 5.91 Å². The Morgan fingerprint density at radius 1 is 0.952 bits per heavy atom. The van der Waals surface area contributed by atoms with Gasteiger partial charge in [-0.05, 0) is 31.5 Å². The number of nitrogens with one attached hydrogen (secondary N) is 1. The Balaban J connectivity index is 1.96. The second-order valence-corrected chi connectivity index (χ2v) is 11.4. The van der Waals surface area contributed by atoms with Crippen LogP contribution < -0.4 is 14.8 Å². The summed E-state index contributed by atoms with van der Waals surface area (Å²) >= 11 is 0. The number of benzene rings is 2. The molecule has 14 heteroatoms. The lowest BCUT2D eigenvalue weighted by molar-refractivity contribution is -0.162. The van der Waals surface area contributed by atoms with E-state index in [0.717, 1.165) is 0 Å². The Kier molecular flexibility index (Phi) is 12.9. The van der Waals surface area contributed by atoms with Crippen LogP contribution in [0, 0.1) is 5.41 Å². The average Bonchev–Trinajstić information content (AvgIpc) is 2.93. The third-order valence-electron chi connectivity index (χ3n) is 5.63. The molecule has 1 atom stereocenters. The number of aliphatic hydroxyl groups is 1. The highest BCUT2D eigenvalue weighted by Gasteiger charge is 2.37. The van der Waals surface area contributed by atoms with Crippen molar-refractivity contribution >= 4 is 34.1 Å². The minimum absolute atomic E-state index is 0.00800. The van der Waals surface area contributed by atoms with Crippen molar-refractivity contribution in [1.82, 2.24) is 5.32 Å². The molecule has 13 nitrogen and oxygen atoms in total. The molecule has 0 aliphatic heterocycles. The fraction of sp³-hybridized carbons (Fsp3) is 0.429. The van der Waals surface area contributed by atoms with Gasteiger partial charge < -0.3 is 29.4 Å². The SMILES string of the molecule is CCOC(=O)c1ccccc1OC(=O)Oc1ccccc1COC(=O)[C@H](O)C(C)(C)COS(=O)(=O)CCCNC(C)=O. The summed E-state index contributed by atoms with van der Waals surface area (Å²) in [6.07, 6.45) is -2.80. The Morgan fingerprint density at radius 2 is 1.57 bits per heavy atom. The van der Waals surface area contributed by atoms with E-state index in [1.165, 1.54) is 45.0 Å². The zero-order valence-electron chi connectivity index (χ0n) is 23.8. The molecule has 0 radical (unpaired) electrons. The molecule has 1 amide bonds. The van der Waals surface area contributed by atoms with Gasteiger partial charge in [-0.25, -0.2) is 14.4 Å². The lowest BCUT2D eigenvalue weighted by atomic mass is 9.88. The fourth-order valence-electron chi connectivity index (χ4n) is 3.30. The Morgan fingerprint density at radius 3 is 2.24 bits per heavy atom. The molecule has 42 heavy (non-hydrogen) atoms. The van der Waals surface area contributed by atoms with Crippen LogP contribution in [-0.2, 0) is 40.0 Å². The topological polar surface area (TPSA) is 181 Å². The number of carbonyl (C=O) groups excluding carboxylic acids is 4. The third kappa shape index (κ3) is 11.1. The molecule has 230 valence electrons. The Hall–Kier alpha value is -4.01. The highest BCUT2D eigenvalue weighted by molar-refractivity contribution is 7.86. The van der Waals surface area contributed by atoms with Crippen LogP contribution in [0.1, 0.15) is 50.0 Å². The molecular weight excluding hydrogens is 574 g/mol. The Bertz CT molecular complexity index is 1360. The first-order valence-electron chi connectivity index (χ1n) is 13.0. The van der Waals surface area contributed by atoms with Crippen molar-refractivity contribution in [3.05, 3.63) is 59.7 Å². The number of rotatable bonds is 15. The molecular formula is C28H35NO12S.